The lowest BCUT2D eigenvalue weighted by atomic mass is 10.2. The highest BCUT2D eigenvalue weighted by Gasteiger charge is 2.25. The molecule has 0 radical (unpaired) electrons. The normalized spacial score (nSPS) is 20.8. The van der Waals surface area contributed by atoms with Gasteiger partial charge in [-0.1, -0.05) is 42.1 Å². The molecular weight excluding hydrogens is 386 g/mol. The Labute approximate surface area is 173 Å². The average Bonchev–Trinajstić information content (AvgIpc) is 3.45. The van der Waals surface area contributed by atoms with Crippen LogP contribution in [-0.2, 0) is 4.74 Å². The molecule has 0 amide bonds. The number of nitrogens with two attached hydrogens (primary N) is 1. The molecule has 1 saturated carbocycles. The Morgan fingerprint density at radius 3 is 2.69 bits per heavy atom. The van der Waals surface area contributed by atoms with Crippen LogP contribution in [0.15, 0.2) is 40.8 Å². The number of anilines is 2. The number of rotatable bonds is 5. The van der Waals surface area contributed by atoms with Gasteiger partial charge in [-0.25, -0.2) is 0 Å². The highest BCUT2D eigenvalue weighted by atomic mass is 32.2. The van der Waals surface area contributed by atoms with Crippen LogP contribution in [0.5, 0.6) is 0 Å². The molecule has 5 rings (SSSR count). The van der Waals surface area contributed by atoms with Crippen LogP contribution in [0.2, 0.25) is 0 Å². The van der Waals surface area contributed by atoms with Gasteiger partial charge in [0.15, 0.2) is 5.82 Å². The first kappa shape index (κ1) is 18.3. The van der Waals surface area contributed by atoms with Crippen molar-refractivity contribution in [3.05, 3.63) is 52.2 Å². The number of nitrogens with zero attached hydrogens (tertiary/aromatic N) is 4. The number of thioether (sulfide) groups is 1. The number of benzene rings is 1. The summed E-state index contributed by atoms with van der Waals surface area (Å²) in [6.45, 7) is 2.86. The largest absolute Gasteiger partial charge is 0.394 e. The Hall–Kier alpha value is -2.78. The molecule has 1 aromatic carbocycles. The molecule has 2 fully saturated rings. The molecule has 0 spiro atoms. The van der Waals surface area contributed by atoms with Gasteiger partial charge in [-0.15, -0.1) is 0 Å². The van der Waals surface area contributed by atoms with E-state index in [1.165, 1.54) is 0 Å². The summed E-state index contributed by atoms with van der Waals surface area (Å²) in [7, 11) is 0. The molecule has 3 heterocycles. The van der Waals surface area contributed by atoms with Gasteiger partial charge >= 0.3 is 0 Å². The van der Waals surface area contributed by atoms with Crippen molar-refractivity contribution in [2.24, 2.45) is 5.73 Å². The predicted molar refractivity (Wildman–Crippen MR) is 116 cm³/mol. The molecule has 4 N–H and O–H groups in total. The maximum atomic E-state index is 6.49. The summed E-state index contributed by atoms with van der Waals surface area (Å²) in [5.74, 6) is 1.72. The molecule has 2 aliphatic heterocycles. The fourth-order valence-electron chi connectivity index (χ4n) is 3.15. The third-order valence-electron chi connectivity index (χ3n) is 4.94. The van der Waals surface area contributed by atoms with Crippen molar-refractivity contribution >= 4 is 35.1 Å². The molecule has 0 bridgehead atoms. The molecule has 9 heteroatoms. The summed E-state index contributed by atoms with van der Waals surface area (Å²) in [4.78, 5) is 16.0. The lowest BCUT2D eigenvalue weighted by Crippen LogP contribution is -2.37. The van der Waals surface area contributed by atoms with Gasteiger partial charge in [-0.05, 0) is 18.4 Å². The van der Waals surface area contributed by atoms with Crippen LogP contribution in [0.25, 0.3) is 11.4 Å². The summed E-state index contributed by atoms with van der Waals surface area (Å²) < 4.78 is 5.46. The lowest BCUT2D eigenvalue weighted by Gasteiger charge is -2.27. The smallest absolute Gasteiger partial charge is 0.230 e. The van der Waals surface area contributed by atoms with E-state index < -0.39 is 0 Å². The summed E-state index contributed by atoms with van der Waals surface area (Å²) >= 11 is 1.55. The van der Waals surface area contributed by atoms with Gasteiger partial charge in [0.05, 0.1) is 18.9 Å². The third-order valence-corrected chi connectivity index (χ3v) is 5.85. The molecule has 3 aliphatic rings. The molecule has 8 nitrogen and oxygen atoms in total. The molecule has 29 heavy (non-hydrogen) atoms. The first-order chi connectivity index (χ1) is 14.3. The molecule has 2 aromatic rings. The highest BCUT2D eigenvalue weighted by molar-refractivity contribution is 8.06. The molecule has 0 atom stereocenters. The maximum absolute atomic E-state index is 6.49. The number of aromatic nitrogens is 3. The summed E-state index contributed by atoms with van der Waals surface area (Å²) in [6.07, 6.45) is 2.29. The number of morpholine rings is 1. The van der Waals surface area contributed by atoms with E-state index in [9.17, 15) is 0 Å². The molecule has 1 aromatic heterocycles. The second kappa shape index (κ2) is 7.92. The summed E-state index contributed by atoms with van der Waals surface area (Å²) in [6, 6.07) is 10.6. The van der Waals surface area contributed by atoms with Crippen molar-refractivity contribution < 1.29 is 4.74 Å². The zero-order valence-corrected chi connectivity index (χ0v) is 16.8. The number of hydrogen-bond donors (Lipinski definition) is 3. The molecule has 1 saturated heterocycles. The first-order valence-electron chi connectivity index (χ1n) is 9.81. The van der Waals surface area contributed by atoms with Gasteiger partial charge in [0.2, 0.25) is 11.9 Å². The molecule has 0 unspecified atom stereocenters. The van der Waals surface area contributed by atoms with E-state index in [1.807, 2.05) is 18.2 Å². The zero-order chi connectivity index (χ0) is 19.6. The van der Waals surface area contributed by atoms with Crippen LogP contribution in [0.3, 0.4) is 0 Å². The maximum Gasteiger partial charge on any atom is 0.230 e. The molecular formula is C20H23N7OS. The van der Waals surface area contributed by atoms with Gasteiger partial charge < -0.3 is 26.0 Å². The Balaban J connectivity index is 1.43. The second-order valence-electron chi connectivity index (χ2n) is 7.18. The Morgan fingerprint density at radius 2 is 1.93 bits per heavy atom. The zero-order valence-electron chi connectivity index (χ0n) is 16.0. The minimum Gasteiger partial charge on any atom is -0.394 e. The predicted octanol–water partition coefficient (Wildman–Crippen LogP) is 2.20. The van der Waals surface area contributed by atoms with Crippen LogP contribution in [0.1, 0.15) is 24.2 Å². The minimum atomic E-state index is 0.446. The van der Waals surface area contributed by atoms with E-state index in [2.05, 4.69) is 48.0 Å². The number of nitrogens with one attached hydrogen (secondary N) is 2. The van der Waals surface area contributed by atoms with E-state index in [-0.39, 0.29) is 0 Å². The quantitative estimate of drug-likeness (QED) is 0.686. The number of ether oxygens (including phenoxy) is 1. The van der Waals surface area contributed by atoms with Crippen molar-refractivity contribution in [1.29, 1.82) is 0 Å². The van der Waals surface area contributed by atoms with E-state index in [1.54, 1.807) is 11.8 Å². The van der Waals surface area contributed by atoms with E-state index >= 15 is 0 Å². The Morgan fingerprint density at radius 1 is 1.14 bits per heavy atom. The molecule has 1 aliphatic carbocycles. The van der Waals surface area contributed by atoms with Crippen LogP contribution in [0.4, 0.5) is 11.9 Å². The van der Waals surface area contributed by atoms with E-state index in [0.29, 0.717) is 42.7 Å². The summed E-state index contributed by atoms with van der Waals surface area (Å²) in [5.41, 5.74) is 9.15. The van der Waals surface area contributed by atoms with Crippen molar-refractivity contribution in [3.8, 4) is 0 Å². The number of hydrogen-bond acceptors (Lipinski definition) is 9. The summed E-state index contributed by atoms with van der Waals surface area (Å²) in [5, 5.41) is 9.67. The third kappa shape index (κ3) is 4.15. The molecule has 150 valence electrons. The lowest BCUT2D eigenvalue weighted by molar-refractivity contribution is 0.122. The SMILES string of the molecule is N/C(=C1\NC(c2ccccc2)=CS1)c1nc(NC2CC2)nc(N2CCOCC2)n1. The van der Waals surface area contributed by atoms with Crippen molar-refractivity contribution in [2.75, 3.05) is 36.5 Å². The van der Waals surface area contributed by atoms with Crippen LogP contribution in [-0.4, -0.2) is 47.3 Å². The van der Waals surface area contributed by atoms with Crippen molar-refractivity contribution in [3.63, 3.8) is 0 Å². The van der Waals surface area contributed by atoms with Crippen LogP contribution in [0, 0.1) is 0 Å². The van der Waals surface area contributed by atoms with E-state index in [4.69, 9.17) is 10.5 Å². The van der Waals surface area contributed by atoms with E-state index in [0.717, 1.165) is 42.2 Å². The van der Waals surface area contributed by atoms with Crippen molar-refractivity contribution in [1.82, 2.24) is 20.3 Å². The second-order valence-corrected chi connectivity index (χ2v) is 8.06. The fourth-order valence-corrected chi connectivity index (χ4v) is 3.97. The first-order valence-corrected chi connectivity index (χ1v) is 10.7. The topological polar surface area (TPSA) is 101 Å². The monoisotopic (exact) mass is 409 g/mol. The standard InChI is InChI=1S/C20H23N7OS/c21-16(18-23-15(12-29-18)13-4-2-1-3-5-13)17-24-19(22-14-6-7-14)26-20(25-17)27-8-10-28-11-9-27/h1-5,12,14,23H,6-11,21H2,(H,22,24,25,26)/b18-16+. The van der Waals surface area contributed by atoms with Gasteiger partial charge in [0, 0.05) is 24.5 Å². The van der Waals surface area contributed by atoms with Gasteiger partial charge in [-0.2, -0.15) is 15.0 Å². The van der Waals surface area contributed by atoms with Gasteiger partial charge in [-0.3, -0.25) is 0 Å². The highest BCUT2D eigenvalue weighted by Crippen LogP contribution is 2.33. The Kier molecular flexibility index (Phi) is 4.99. The Bertz CT molecular complexity index is 953. The van der Waals surface area contributed by atoms with Crippen LogP contribution >= 0.6 is 11.8 Å². The minimum absolute atomic E-state index is 0.446. The van der Waals surface area contributed by atoms with Gasteiger partial charge in [0.1, 0.15) is 10.7 Å². The van der Waals surface area contributed by atoms with Crippen LogP contribution < -0.4 is 21.3 Å². The average molecular weight is 410 g/mol. The fraction of sp³-hybridized carbons (Fsp3) is 0.350. The van der Waals surface area contributed by atoms with Gasteiger partial charge in [0.25, 0.3) is 0 Å². The van der Waals surface area contributed by atoms with Crippen molar-refractivity contribution in [2.45, 2.75) is 18.9 Å².